The second-order valence-electron chi connectivity index (χ2n) is 4.04. The van der Waals surface area contributed by atoms with E-state index in [1.807, 2.05) is 12.1 Å². The third-order valence-electron chi connectivity index (χ3n) is 2.75. The Hall–Kier alpha value is -3.32. The summed E-state index contributed by atoms with van der Waals surface area (Å²) in [6.45, 7) is 0.626. The number of nitrogens with zero attached hydrogens (tertiary/aromatic N) is 4. The number of aromatic carboxylic acids is 1. The van der Waals surface area contributed by atoms with Gasteiger partial charge in [-0.15, -0.1) is 0 Å². The first kappa shape index (κ1) is 14.1. The van der Waals surface area contributed by atoms with Crippen LogP contribution in [-0.4, -0.2) is 27.2 Å². The maximum Gasteiger partial charge on any atom is 0.335 e. The average Bonchev–Trinajstić information content (AvgIpc) is 2.89. The van der Waals surface area contributed by atoms with Crippen LogP contribution < -0.4 is 4.74 Å². The highest BCUT2D eigenvalue weighted by molar-refractivity contribution is 5.87. The highest BCUT2D eigenvalue weighted by Crippen LogP contribution is 2.12. The monoisotopic (exact) mass is 282 g/mol. The Bertz CT molecular complexity index is 735. The van der Waals surface area contributed by atoms with Crippen molar-refractivity contribution in [3.05, 3.63) is 47.5 Å². The molecule has 2 rings (SSSR count). The number of rotatable bonds is 5. The van der Waals surface area contributed by atoms with Crippen LogP contribution in [0.2, 0.25) is 0 Å². The topological polar surface area (TPSA) is 112 Å². The summed E-state index contributed by atoms with van der Waals surface area (Å²) in [5, 5.41) is 26.5. The summed E-state index contributed by atoms with van der Waals surface area (Å²) in [5.74, 6) is -0.471. The lowest BCUT2D eigenvalue weighted by Crippen LogP contribution is -2.09. The zero-order valence-corrected chi connectivity index (χ0v) is 10.9. The summed E-state index contributed by atoms with van der Waals surface area (Å²) in [7, 11) is 0. The molecule has 1 N–H and O–H groups in total. The number of ether oxygens (including phenoxy) is 1. The molecule has 0 amide bonds. The quantitative estimate of drug-likeness (QED) is 0.887. The van der Waals surface area contributed by atoms with E-state index in [-0.39, 0.29) is 23.6 Å². The van der Waals surface area contributed by atoms with Gasteiger partial charge in [0, 0.05) is 0 Å². The smallest absolute Gasteiger partial charge is 0.335 e. The van der Waals surface area contributed by atoms with Crippen LogP contribution in [0.25, 0.3) is 0 Å². The third-order valence-corrected chi connectivity index (χ3v) is 2.75. The van der Waals surface area contributed by atoms with Crippen molar-refractivity contribution >= 4 is 5.97 Å². The minimum Gasteiger partial charge on any atom is -0.492 e. The number of carboxylic acid groups (broad SMARTS) is 1. The molecular weight excluding hydrogens is 272 g/mol. The molecule has 2 aromatic rings. The summed E-state index contributed by atoms with van der Waals surface area (Å²) in [6.07, 6.45) is 1.41. The average molecular weight is 282 g/mol. The lowest BCUT2D eigenvalue weighted by Gasteiger charge is -2.07. The molecule has 7 heteroatoms. The lowest BCUT2D eigenvalue weighted by atomic mass is 10.2. The molecule has 0 bridgehead atoms. The predicted molar refractivity (Wildman–Crippen MR) is 70.6 cm³/mol. The molecule has 0 radical (unpaired) electrons. The second-order valence-corrected chi connectivity index (χ2v) is 4.04. The summed E-state index contributed by atoms with van der Waals surface area (Å²) in [6, 6.07) is 9.77. The predicted octanol–water partition coefficient (Wildman–Crippen LogP) is 1.40. The van der Waals surface area contributed by atoms with E-state index in [0.717, 1.165) is 0 Å². The van der Waals surface area contributed by atoms with E-state index in [1.54, 1.807) is 12.1 Å². The fourth-order valence-corrected chi connectivity index (χ4v) is 1.71. The number of imidazole rings is 1. The van der Waals surface area contributed by atoms with E-state index < -0.39 is 5.97 Å². The van der Waals surface area contributed by atoms with Gasteiger partial charge in [-0.25, -0.2) is 9.78 Å². The zero-order chi connectivity index (χ0) is 15.2. The molecule has 0 aliphatic rings. The summed E-state index contributed by atoms with van der Waals surface area (Å²) in [5.41, 5.74) is 0.466. The van der Waals surface area contributed by atoms with Gasteiger partial charge in [-0.2, -0.15) is 10.5 Å². The highest BCUT2D eigenvalue weighted by atomic mass is 16.5. The molecule has 0 unspecified atom stereocenters. The third kappa shape index (κ3) is 3.17. The second kappa shape index (κ2) is 6.22. The van der Waals surface area contributed by atoms with Crippen molar-refractivity contribution in [3.63, 3.8) is 0 Å². The molecule has 0 saturated carbocycles. The van der Waals surface area contributed by atoms with Gasteiger partial charge in [0.05, 0.1) is 18.4 Å². The molecule has 0 aliphatic carbocycles. The molecule has 0 saturated heterocycles. The molecule has 7 nitrogen and oxygen atoms in total. The van der Waals surface area contributed by atoms with Crippen LogP contribution in [0.4, 0.5) is 0 Å². The Morgan fingerprint density at radius 3 is 2.57 bits per heavy atom. The maximum absolute atomic E-state index is 10.7. The fraction of sp³-hybridized carbons (Fsp3) is 0.143. The fourth-order valence-electron chi connectivity index (χ4n) is 1.71. The van der Waals surface area contributed by atoms with Crippen molar-refractivity contribution in [2.75, 3.05) is 6.61 Å². The van der Waals surface area contributed by atoms with Gasteiger partial charge >= 0.3 is 5.97 Å². The van der Waals surface area contributed by atoms with Crippen molar-refractivity contribution < 1.29 is 14.6 Å². The van der Waals surface area contributed by atoms with Crippen molar-refractivity contribution in [2.24, 2.45) is 0 Å². The van der Waals surface area contributed by atoms with Crippen LogP contribution in [0.15, 0.2) is 30.6 Å². The summed E-state index contributed by atoms with van der Waals surface area (Å²) < 4.78 is 6.99. The van der Waals surface area contributed by atoms with E-state index in [0.29, 0.717) is 12.3 Å². The molecular formula is C14H10N4O3. The normalized spacial score (nSPS) is 9.62. The molecule has 0 atom stereocenters. The van der Waals surface area contributed by atoms with Gasteiger partial charge in [0.25, 0.3) is 0 Å². The van der Waals surface area contributed by atoms with E-state index >= 15 is 0 Å². The minimum atomic E-state index is -0.998. The van der Waals surface area contributed by atoms with Crippen LogP contribution in [-0.2, 0) is 6.54 Å². The number of hydrogen-bond donors (Lipinski definition) is 1. The zero-order valence-electron chi connectivity index (χ0n) is 10.9. The van der Waals surface area contributed by atoms with E-state index in [1.165, 1.54) is 23.0 Å². The first-order valence-corrected chi connectivity index (χ1v) is 5.97. The summed E-state index contributed by atoms with van der Waals surface area (Å²) >= 11 is 0. The first-order chi connectivity index (χ1) is 10.2. The number of nitriles is 2. The molecule has 1 aromatic heterocycles. The van der Waals surface area contributed by atoms with Crippen LogP contribution >= 0.6 is 0 Å². The van der Waals surface area contributed by atoms with Crippen molar-refractivity contribution in [1.82, 2.24) is 9.55 Å². The van der Waals surface area contributed by atoms with E-state index in [2.05, 4.69) is 4.98 Å². The Morgan fingerprint density at radius 2 is 2.00 bits per heavy atom. The molecule has 1 heterocycles. The minimum absolute atomic E-state index is 0.0864. The molecule has 0 aliphatic heterocycles. The molecule has 21 heavy (non-hydrogen) atoms. The largest absolute Gasteiger partial charge is 0.492 e. The number of carboxylic acids is 1. The Kier molecular flexibility index (Phi) is 4.17. The van der Waals surface area contributed by atoms with Gasteiger partial charge < -0.3 is 14.4 Å². The maximum atomic E-state index is 10.7. The van der Waals surface area contributed by atoms with E-state index in [4.69, 9.17) is 20.4 Å². The van der Waals surface area contributed by atoms with Gasteiger partial charge in [-0.1, -0.05) is 0 Å². The van der Waals surface area contributed by atoms with Crippen LogP contribution in [0, 0.1) is 22.7 Å². The summed E-state index contributed by atoms with van der Waals surface area (Å²) in [4.78, 5) is 14.5. The van der Waals surface area contributed by atoms with Gasteiger partial charge in [0.1, 0.15) is 24.5 Å². The van der Waals surface area contributed by atoms with Gasteiger partial charge in [0.2, 0.25) is 0 Å². The van der Waals surface area contributed by atoms with Gasteiger partial charge in [0.15, 0.2) is 11.4 Å². The van der Waals surface area contributed by atoms with Gasteiger partial charge in [-0.05, 0) is 24.3 Å². The Labute approximate surface area is 120 Å². The molecule has 104 valence electrons. The molecule has 1 aromatic carbocycles. The number of aromatic nitrogens is 2. The van der Waals surface area contributed by atoms with Crippen LogP contribution in [0.5, 0.6) is 5.75 Å². The number of carbonyl (C=O) groups is 1. The lowest BCUT2D eigenvalue weighted by molar-refractivity contribution is 0.0697. The highest BCUT2D eigenvalue weighted by Gasteiger charge is 2.09. The first-order valence-electron chi connectivity index (χ1n) is 5.97. The van der Waals surface area contributed by atoms with Crippen molar-refractivity contribution in [1.29, 1.82) is 10.5 Å². The van der Waals surface area contributed by atoms with Crippen molar-refractivity contribution in [3.8, 4) is 17.9 Å². The molecule has 0 fully saturated rings. The number of hydrogen-bond acceptors (Lipinski definition) is 5. The molecule has 0 spiro atoms. The number of benzene rings is 1. The van der Waals surface area contributed by atoms with Crippen molar-refractivity contribution in [2.45, 2.75) is 6.54 Å². The Morgan fingerprint density at radius 1 is 1.29 bits per heavy atom. The standard InChI is InChI=1S/C14H10N4O3/c15-7-12-13(8-16)18(9-17-12)5-6-21-11-3-1-10(2-4-11)14(19)20/h1-4,9H,5-6H2,(H,19,20). The SMILES string of the molecule is N#Cc1ncn(CCOc2ccc(C(=O)O)cc2)c1C#N. The van der Waals surface area contributed by atoms with Crippen LogP contribution in [0.3, 0.4) is 0 Å². The van der Waals surface area contributed by atoms with Crippen LogP contribution in [0.1, 0.15) is 21.7 Å². The van der Waals surface area contributed by atoms with E-state index in [9.17, 15) is 4.79 Å². The Balaban J connectivity index is 1.96. The van der Waals surface area contributed by atoms with Gasteiger partial charge in [-0.3, -0.25) is 0 Å².